The quantitative estimate of drug-likeness (QED) is 0.743. The number of benzene rings is 3. The van der Waals surface area contributed by atoms with E-state index < -0.39 is 9.84 Å². The minimum Gasteiger partial charge on any atom is -0.508 e. The van der Waals surface area contributed by atoms with E-state index in [0.717, 1.165) is 22.3 Å². The van der Waals surface area contributed by atoms with Gasteiger partial charge in [-0.15, -0.1) is 0 Å². The van der Waals surface area contributed by atoms with Gasteiger partial charge in [-0.2, -0.15) is 0 Å². The molecule has 1 N–H and O–H groups in total. The second-order valence-electron chi connectivity index (χ2n) is 6.46. The SMILES string of the molecule is CS(=O)(=O)c1ccc(-c2cc3c(cc2Cc2ccccc2O)OCO3)cc1. The summed E-state index contributed by atoms with van der Waals surface area (Å²) in [5.41, 5.74) is 3.52. The fourth-order valence-electron chi connectivity index (χ4n) is 3.15. The third-order valence-electron chi connectivity index (χ3n) is 4.56. The predicted molar refractivity (Wildman–Crippen MR) is 102 cm³/mol. The predicted octanol–water partition coefficient (Wildman–Crippen LogP) is 3.78. The average molecular weight is 382 g/mol. The number of ether oxygens (including phenoxy) is 2. The fourth-order valence-corrected chi connectivity index (χ4v) is 3.78. The topological polar surface area (TPSA) is 72.8 Å². The van der Waals surface area contributed by atoms with Gasteiger partial charge in [0.1, 0.15) is 5.75 Å². The van der Waals surface area contributed by atoms with E-state index in [0.29, 0.717) is 17.9 Å². The highest BCUT2D eigenvalue weighted by Crippen LogP contribution is 2.40. The van der Waals surface area contributed by atoms with Crippen molar-refractivity contribution >= 4 is 9.84 Å². The molecule has 0 saturated carbocycles. The molecule has 0 saturated heterocycles. The van der Waals surface area contributed by atoms with Gasteiger partial charge in [0.15, 0.2) is 21.3 Å². The van der Waals surface area contributed by atoms with E-state index in [-0.39, 0.29) is 17.4 Å². The lowest BCUT2D eigenvalue weighted by Crippen LogP contribution is -1.97. The van der Waals surface area contributed by atoms with E-state index in [4.69, 9.17) is 9.47 Å². The van der Waals surface area contributed by atoms with Gasteiger partial charge in [-0.3, -0.25) is 0 Å². The molecule has 0 spiro atoms. The molecule has 1 heterocycles. The first kappa shape index (κ1) is 17.4. The molecule has 3 aromatic rings. The molecule has 0 bridgehead atoms. The molecule has 1 aliphatic heterocycles. The van der Waals surface area contributed by atoms with Crippen LogP contribution in [0, 0.1) is 0 Å². The smallest absolute Gasteiger partial charge is 0.231 e. The number of phenols is 1. The van der Waals surface area contributed by atoms with Crippen LogP contribution < -0.4 is 9.47 Å². The highest BCUT2D eigenvalue weighted by molar-refractivity contribution is 7.90. The molecule has 0 unspecified atom stereocenters. The van der Waals surface area contributed by atoms with Gasteiger partial charge >= 0.3 is 0 Å². The van der Waals surface area contributed by atoms with Crippen molar-refractivity contribution in [2.75, 3.05) is 13.0 Å². The molecular formula is C21H18O5S. The van der Waals surface area contributed by atoms with Crippen molar-refractivity contribution in [2.24, 2.45) is 0 Å². The molecule has 138 valence electrons. The van der Waals surface area contributed by atoms with Crippen molar-refractivity contribution in [3.05, 3.63) is 71.8 Å². The minimum absolute atomic E-state index is 0.168. The summed E-state index contributed by atoms with van der Waals surface area (Å²) in [4.78, 5) is 0.272. The van der Waals surface area contributed by atoms with Crippen LogP contribution in [-0.4, -0.2) is 26.6 Å². The van der Waals surface area contributed by atoms with Gasteiger partial charge in [0.05, 0.1) is 4.90 Å². The van der Waals surface area contributed by atoms with Crippen molar-refractivity contribution in [2.45, 2.75) is 11.3 Å². The number of sulfone groups is 1. The Kier molecular flexibility index (Phi) is 4.28. The lowest BCUT2D eigenvalue weighted by Gasteiger charge is -2.13. The lowest BCUT2D eigenvalue weighted by molar-refractivity contribution is 0.174. The Bertz CT molecular complexity index is 1100. The van der Waals surface area contributed by atoms with E-state index in [2.05, 4.69) is 0 Å². The number of phenolic OH excluding ortho intramolecular Hbond substituents is 1. The van der Waals surface area contributed by atoms with Crippen LogP contribution in [0.1, 0.15) is 11.1 Å². The summed E-state index contributed by atoms with van der Waals surface area (Å²) < 4.78 is 34.4. The number of fused-ring (bicyclic) bond motifs is 1. The van der Waals surface area contributed by atoms with Crippen molar-refractivity contribution in [1.82, 2.24) is 0 Å². The molecule has 3 aromatic carbocycles. The second kappa shape index (κ2) is 6.63. The molecule has 0 fully saturated rings. The molecular weight excluding hydrogens is 364 g/mol. The normalized spacial score (nSPS) is 12.9. The monoisotopic (exact) mass is 382 g/mol. The number of rotatable bonds is 4. The summed E-state index contributed by atoms with van der Waals surface area (Å²) in [5.74, 6) is 1.55. The highest BCUT2D eigenvalue weighted by atomic mass is 32.2. The molecule has 0 aromatic heterocycles. The summed E-state index contributed by atoms with van der Waals surface area (Å²) >= 11 is 0. The van der Waals surface area contributed by atoms with Crippen LogP contribution in [-0.2, 0) is 16.3 Å². The van der Waals surface area contributed by atoms with Crippen LogP contribution >= 0.6 is 0 Å². The van der Waals surface area contributed by atoms with Crippen LogP contribution in [0.2, 0.25) is 0 Å². The summed E-state index contributed by atoms with van der Waals surface area (Å²) in [7, 11) is -3.25. The Balaban J connectivity index is 1.80. The first-order valence-corrected chi connectivity index (χ1v) is 10.3. The van der Waals surface area contributed by atoms with E-state index in [1.165, 1.54) is 6.26 Å². The Morgan fingerprint density at radius 3 is 2.26 bits per heavy atom. The summed E-state index contributed by atoms with van der Waals surface area (Å²) in [6.45, 7) is 0.168. The van der Waals surface area contributed by atoms with Gasteiger partial charge in [0, 0.05) is 12.7 Å². The average Bonchev–Trinajstić information content (AvgIpc) is 3.10. The van der Waals surface area contributed by atoms with E-state index in [1.54, 1.807) is 36.4 Å². The van der Waals surface area contributed by atoms with Crippen molar-refractivity contribution in [3.8, 4) is 28.4 Å². The van der Waals surface area contributed by atoms with Crippen LogP contribution in [0.3, 0.4) is 0 Å². The molecule has 4 rings (SSSR count). The van der Waals surface area contributed by atoms with Crippen molar-refractivity contribution in [1.29, 1.82) is 0 Å². The molecule has 1 aliphatic rings. The number of para-hydroxylation sites is 1. The van der Waals surface area contributed by atoms with Crippen molar-refractivity contribution < 1.29 is 23.0 Å². The zero-order valence-corrected chi connectivity index (χ0v) is 15.5. The molecule has 0 aliphatic carbocycles. The van der Waals surface area contributed by atoms with Gasteiger partial charge in [-0.25, -0.2) is 8.42 Å². The number of hydrogen-bond acceptors (Lipinski definition) is 5. The summed E-state index contributed by atoms with van der Waals surface area (Å²) in [6, 6.07) is 17.7. The van der Waals surface area contributed by atoms with Gasteiger partial charge in [-0.1, -0.05) is 30.3 Å². The van der Waals surface area contributed by atoms with Gasteiger partial charge in [0.25, 0.3) is 0 Å². The van der Waals surface area contributed by atoms with Gasteiger partial charge in [-0.05, 0) is 52.6 Å². The molecule has 27 heavy (non-hydrogen) atoms. The lowest BCUT2D eigenvalue weighted by atomic mass is 9.94. The highest BCUT2D eigenvalue weighted by Gasteiger charge is 2.19. The second-order valence-corrected chi connectivity index (χ2v) is 8.48. The van der Waals surface area contributed by atoms with Crippen molar-refractivity contribution in [3.63, 3.8) is 0 Å². The van der Waals surface area contributed by atoms with Gasteiger partial charge in [0.2, 0.25) is 6.79 Å². The van der Waals surface area contributed by atoms with E-state index in [1.807, 2.05) is 24.3 Å². The third-order valence-corrected chi connectivity index (χ3v) is 5.69. The maximum absolute atomic E-state index is 11.7. The maximum atomic E-state index is 11.7. The minimum atomic E-state index is -3.25. The van der Waals surface area contributed by atoms with Crippen LogP contribution in [0.15, 0.2) is 65.6 Å². The summed E-state index contributed by atoms with van der Waals surface area (Å²) in [5, 5.41) is 10.1. The third kappa shape index (κ3) is 3.48. The Morgan fingerprint density at radius 1 is 0.926 bits per heavy atom. The molecule has 5 nitrogen and oxygen atoms in total. The van der Waals surface area contributed by atoms with E-state index >= 15 is 0 Å². The zero-order chi connectivity index (χ0) is 19.0. The standard InChI is InChI=1S/C21H18O5S/c1-27(23,24)17-8-6-14(7-9-17)18-12-21-20(25-13-26-21)11-16(18)10-15-4-2-3-5-19(15)22/h2-9,11-12,22H,10,13H2,1H3. The number of aromatic hydroxyl groups is 1. The summed E-state index contributed by atoms with van der Waals surface area (Å²) in [6.07, 6.45) is 1.69. The molecule has 0 radical (unpaired) electrons. The van der Waals surface area contributed by atoms with Crippen LogP contribution in [0.4, 0.5) is 0 Å². The maximum Gasteiger partial charge on any atom is 0.231 e. The van der Waals surface area contributed by atoms with Crippen LogP contribution in [0.5, 0.6) is 17.2 Å². The Morgan fingerprint density at radius 2 is 1.59 bits per heavy atom. The van der Waals surface area contributed by atoms with Gasteiger partial charge < -0.3 is 14.6 Å². The molecule has 0 amide bonds. The largest absolute Gasteiger partial charge is 0.508 e. The zero-order valence-electron chi connectivity index (χ0n) is 14.7. The first-order chi connectivity index (χ1) is 12.9. The number of hydrogen-bond donors (Lipinski definition) is 1. The Labute approximate surface area is 157 Å². The van der Waals surface area contributed by atoms with Crippen LogP contribution in [0.25, 0.3) is 11.1 Å². The van der Waals surface area contributed by atoms with E-state index in [9.17, 15) is 13.5 Å². The first-order valence-electron chi connectivity index (χ1n) is 8.42. The fraction of sp³-hybridized carbons (Fsp3) is 0.143. The molecule has 6 heteroatoms. The Hall–Kier alpha value is -2.99. The molecule has 0 atom stereocenters.